The molecule has 0 aliphatic rings. The van der Waals surface area contributed by atoms with Crippen LogP contribution in [0.2, 0.25) is 0 Å². The van der Waals surface area contributed by atoms with Crippen molar-refractivity contribution in [1.29, 1.82) is 0 Å². The molecule has 0 saturated carbocycles. The lowest BCUT2D eigenvalue weighted by atomic mass is 10.1. The largest absolute Gasteiger partial charge is 0.493 e. The Morgan fingerprint density at radius 2 is 1.82 bits per heavy atom. The molecule has 0 unspecified atom stereocenters. The van der Waals surface area contributed by atoms with Gasteiger partial charge in [0.05, 0.1) is 17.6 Å². The lowest BCUT2D eigenvalue weighted by molar-refractivity contribution is 0.430. The number of anilines is 1. The first-order valence-corrected chi connectivity index (χ1v) is 9.27. The number of benzene rings is 2. The minimum atomic E-state index is -0.721. The first-order chi connectivity index (χ1) is 13.3. The van der Waals surface area contributed by atoms with Crippen LogP contribution in [0.25, 0.3) is 5.69 Å². The zero-order chi connectivity index (χ0) is 20.4. The van der Waals surface area contributed by atoms with Gasteiger partial charge in [-0.3, -0.25) is 14.8 Å². The second kappa shape index (κ2) is 7.85. The standard InChI is InChI=1S/C20H19BrN4O3/c1-12-10-17(13(2)9-16(12)21)25-19(27)15(18(26)23-20(25)28)11-22-24(3)14-7-5-4-6-8-14/h4-11,27H,1-3H3,(H,23,26,28). The van der Waals surface area contributed by atoms with E-state index in [1.54, 1.807) is 18.1 Å². The van der Waals surface area contributed by atoms with Gasteiger partial charge in [-0.05, 0) is 49.2 Å². The minimum absolute atomic E-state index is 0.109. The number of hydrogen-bond acceptors (Lipinski definition) is 5. The fourth-order valence-corrected chi connectivity index (χ4v) is 3.20. The third-order valence-corrected chi connectivity index (χ3v) is 5.18. The number of nitrogens with one attached hydrogen (secondary N) is 1. The molecule has 7 nitrogen and oxygen atoms in total. The highest BCUT2D eigenvalue weighted by atomic mass is 79.9. The van der Waals surface area contributed by atoms with Crippen molar-refractivity contribution in [3.8, 4) is 11.6 Å². The predicted octanol–water partition coefficient (Wildman–Crippen LogP) is 3.08. The normalized spacial score (nSPS) is 11.1. The Balaban J connectivity index is 2.11. The molecule has 0 aliphatic heterocycles. The van der Waals surface area contributed by atoms with Crippen LogP contribution in [0, 0.1) is 13.8 Å². The first-order valence-electron chi connectivity index (χ1n) is 8.47. The average Bonchev–Trinajstić information content (AvgIpc) is 2.65. The fraction of sp³-hybridized carbons (Fsp3) is 0.150. The summed E-state index contributed by atoms with van der Waals surface area (Å²) in [5.74, 6) is -0.469. The van der Waals surface area contributed by atoms with Gasteiger partial charge < -0.3 is 5.11 Å². The van der Waals surface area contributed by atoms with Crippen LogP contribution in [0.4, 0.5) is 5.69 Å². The smallest absolute Gasteiger partial charge is 0.335 e. The third kappa shape index (κ3) is 3.77. The molecule has 2 N–H and O–H groups in total. The summed E-state index contributed by atoms with van der Waals surface area (Å²) < 4.78 is 1.96. The molecule has 0 bridgehead atoms. The van der Waals surface area contributed by atoms with Gasteiger partial charge in [0.2, 0.25) is 5.88 Å². The van der Waals surface area contributed by atoms with E-state index in [1.165, 1.54) is 6.21 Å². The van der Waals surface area contributed by atoms with Gasteiger partial charge >= 0.3 is 5.69 Å². The lowest BCUT2D eigenvalue weighted by Gasteiger charge is -2.15. The number of hydrogen-bond donors (Lipinski definition) is 2. The number of hydrazone groups is 1. The van der Waals surface area contributed by atoms with Crippen molar-refractivity contribution < 1.29 is 5.11 Å². The third-order valence-electron chi connectivity index (χ3n) is 4.33. The monoisotopic (exact) mass is 442 g/mol. The summed E-state index contributed by atoms with van der Waals surface area (Å²) >= 11 is 3.44. The van der Waals surface area contributed by atoms with E-state index in [2.05, 4.69) is 26.0 Å². The van der Waals surface area contributed by atoms with Crippen LogP contribution in [0.15, 0.2) is 61.6 Å². The van der Waals surface area contributed by atoms with Gasteiger partial charge in [0.15, 0.2) is 0 Å². The zero-order valence-corrected chi connectivity index (χ0v) is 17.2. The Labute approximate surface area is 169 Å². The number of aryl methyl sites for hydroxylation is 2. The maximum Gasteiger partial charge on any atom is 0.335 e. The van der Waals surface area contributed by atoms with E-state index in [0.717, 1.165) is 25.9 Å². The molecule has 0 aliphatic carbocycles. The van der Waals surface area contributed by atoms with Crippen LogP contribution < -0.4 is 16.3 Å². The van der Waals surface area contributed by atoms with Gasteiger partial charge in [0, 0.05) is 11.5 Å². The SMILES string of the molecule is Cc1cc(-n2c(O)c(C=NN(C)c3ccccc3)c(=O)[nH]c2=O)c(C)cc1Br. The number of nitrogens with zero attached hydrogens (tertiary/aromatic N) is 3. The van der Waals surface area contributed by atoms with Gasteiger partial charge in [-0.25, -0.2) is 9.36 Å². The van der Waals surface area contributed by atoms with E-state index in [0.29, 0.717) is 5.69 Å². The molecule has 1 aromatic heterocycles. The Morgan fingerprint density at radius 1 is 1.14 bits per heavy atom. The van der Waals surface area contributed by atoms with Crippen LogP contribution >= 0.6 is 15.9 Å². The number of para-hydroxylation sites is 1. The molecule has 1 heterocycles. The number of rotatable bonds is 4. The van der Waals surface area contributed by atoms with Crippen molar-refractivity contribution in [3.05, 3.63) is 84.5 Å². The van der Waals surface area contributed by atoms with Gasteiger partial charge in [-0.15, -0.1) is 0 Å². The van der Waals surface area contributed by atoms with Crippen LogP contribution in [0.5, 0.6) is 5.88 Å². The van der Waals surface area contributed by atoms with E-state index in [9.17, 15) is 14.7 Å². The van der Waals surface area contributed by atoms with Crippen LogP contribution in [0.1, 0.15) is 16.7 Å². The Hall–Kier alpha value is -3.13. The molecule has 3 aromatic rings. The molecule has 8 heteroatoms. The van der Waals surface area contributed by atoms with Crippen LogP contribution in [-0.2, 0) is 0 Å². The molecule has 0 radical (unpaired) electrons. The predicted molar refractivity (Wildman–Crippen MR) is 114 cm³/mol. The summed E-state index contributed by atoms with van der Waals surface area (Å²) in [6.45, 7) is 3.69. The summed E-state index contributed by atoms with van der Waals surface area (Å²) in [5.41, 5.74) is 1.38. The topological polar surface area (TPSA) is 90.7 Å². The molecule has 0 atom stereocenters. The van der Waals surface area contributed by atoms with Crippen LogP contribution in [0.3, 0.4) is 0 Å². The maximum atomic E-state index is 12.4. The number of aromatic hydroxyl groups is 1. The van der Waals surface area contributed by atoms with E-state index in [1.807, 2.05) is 50.2 Å². The average molecular weight is 443 g/mol. The summed E-state index contributed by atoms with van der Waals surface area (Å²) in [5, 5.41) is 16.5. The molecular weight excluding hydrogens is 424 g/mol. The molecule has 0 fully saturated rings. The first kappa shape index (κ1) is 19.6. The molecule has 0 amide bonds. The molecule has 3 rings (SSSR count). The summed E-state index contributed by atoms with van der Waals surface area (Å²) in [4.78, 5) is 26.9. The van der Waals surface area contributed by atoms with Gasteiger partial charge in [0.1, 0.15) is 5.56 Å². The highest BCUT2D eigenvalue weighted by molar-refractivity contribution is 9.10. The highest BCUT2D eigenvalue weighted by Crippen LogP contribution is 2.25. The van der Waals surface area contributed by atoms with Gasteiger partial charge in [-0.2, -0.15) is 5.10 Å². The molecule has 0 spiro atoms. The van der Waals surface area contributed by atoms with Crippen molar-refractivity contribution in [3.63, 3.8) is 0 Å². The molecule has 0 saturated heterocycles. The van der Waals surface area contributed by atoms with Gasteiger partial charge in [-0.1, -0.05) is 34.1 Å². The van der Waals surface area contributed by atoms with Crippen molar-refractivity contribution in [2.75, 3.05) is 12.1 Å². The second-order valence-corrected chi connectivity index (χ2v) is 7.18. The quantitative estimate of drug-likeness (QED) is 0.479. The van der Waals surface area contributed by atoms with E-state index < -0.39 is 17.1 Å². The summed E-state index contributed by atoms with van der Waals surface area (Å²) in [6, 6.07) is 12.9. The van der Waals surface area contributed by atoms with Crippen molar-refractivity contribution in [1.82, 2.24) is 9.55 Å². The number of H-pyrrole nitrogens is 1. The van der Waals surface area contributed by atoms with Crippen molar-refractivity contribution in [2.45, 2.75) is 13.8 Å². The van der Waals surface area contributed by atoms with E-state index >= 15 is 0 Å². The van der Waals surface area contributed by atoms with E-state index in [-0.39, 0.29) is 5.56 Å². The van der Waals surface area contributed by atoms with Crippen molar-refractivity contribution >= 4 is 27.8 Å². The number of aromatic nitrogens is 2. The summed E-state index contributed by atoms with van der Waals surface area (Å²) in [6.07, 6.45) is 1.23. The number of halogens is 1. The Morgan fingerprint density at radius 3 is 2.50 bits per heavy atom. The van der Waals surface area contributed by atoms with Gasteiger partial charge in [0.25, 0.3) is 5.56 Å². The Bertz CT molecular complexity index is 1170. The summed E-state index contributed by atoms with van der Waals surface area (Å²) in [7, 11) is 1.72. The number of aromatic amines is 1. The maximum absolute atomic E-state index is 12.4. The molecule has 2 aromatic carbocycles. The van der Waals surface area contributed by atoms with E-state index in [4.69, 9.17) is 0 Å². The second-order valence-electron chi connectivity index (χ2n) is 6.32. The van der Waals surface area contributed by atoms with Crippen molar-refractivity contribution in [2.24, 2.45) is 5.10 Å². The molecular formula is C20H19BrN4O3. The molecule has 144 valence electrons. The fourth-order valence-electron chi connectivity index (χ4n) is 2.74. The van der Waals surface area contributed by atoms with Crippen LogP contribution in [-0.4, -0.2) is 27.9 Å². The minimum Gasteiger partial charge on any atom is -0.493 e. The lowest BCUT2D eigenvalue weighted by Crippen LogP contribution is -2.32. The highest BCUT2D eigenvalue weighted by Gasteiger charge is 2.16. The zero-order valence-electron chi connectivity index (χ0n) is 15.6. The Kier molecular flexibility index (Phi) is 5.51. The molecule has 28 heavy (non-hydrogen) atoms.